The number of rotatable bonds is 4. The first-order valence-corrected chi connectivity index (χ1v) is 6.17. The van der Waals surface area contributed by atoms with E-state index in [0.717, 1.165) is 0 Å². The summed E-state index contributed by atoms with van der Waals surface area (Å²) < 4.78 is 82.1. The number of alkyl halides is 5. The molecule has 0 heterocycles. The Bertz CT molecular complexity index is 294. The maximum atomic E-state index is 13.0. The van der Waals surface area contributed by atoms with Crippen LogP contribution in [0.1, 0.15) is 6.42 Å². The predicted molar refractivity (Wildman–Crippen MR) is 38.0 cm³/mol. The van der Waals surface area contributed by atoms with Crippen LogP contribution in [0.5, 0.6) is 0 Å². The number of aliphatic hydroxyl groups is 1. The van der Waals surface area contributed by atoms with Crippen molar-refractivity contribution < 1.29 is 35.8 Å². The third-order valence-corrected chi connectivity index (χ3v) is 3.92. The van der Waals surface area contributed by atoms with E-state index in [1.54, 1.807) is 0 Å². The van der Waals surface area contributed by atoms with Crippen LogP contribution < -0.4 is 0 Å². The fourth-order valence-electron chi connectivity index (χ4n) is 0.726. The SMILES string of the molecule is C=CCC(O)(C(F)(F)F)[C](F)(F)[Cf]=[C](F)F. The van der Waals surface area contributed by atoms with Crippen molar-refractivity contribution in [1.29, 1.82) is 0 Å². The molecule has 0 aromatic rings. The summed E-state index contributed by atoms with van der Waals surface area (Å²) in [4.78, 5) is 0. The van der Waals surface area contributed by atoms with Crippen LogP contribution in [0.15, 0.2) is 12.7 Å². The molecule has 0 spiro atoms. The molecule has 0 bridgehead atoms. The third-order valence-electron chi connectivity index (χ3n) is 1.51. The Morgan fingerprint density at radius 2 is 1.62 bits per heavy atom. The molecule has 1 N–H and O–H groups in total. The Hall–Kier alpha value is -1.92. The van der Waals surface area contributed by atoms with Crippen molar-refractivity contribution in [3.8, 4) is 0 Å². The molecule has 0 aliphatic carbocycles. The van der Waals surface area contributed by atoms with Crippen molar-refractivity contribution in [3.63, 3.8) is 0 Å². The fourth-order valence-corrected chi connectivity index (χ4v) is 2.54. The first kappa shape index (κ1) is 14.1. The molecule has 9 heteroatoms. The average Bonchev–Trinajstić information content (AvgIpc) is 1.99. The van der Waals surface area contributed by atoms with Crippen molar-refractivity contribution in [2.45, 2.75) is 24.6 Å². The summed E-state index contributed by atoms with van der Waals surface area (Å²) in [6.45, 7) is 0.0367. The second-order valence-corrected chi connectivity index (χ2v) is 5.89. The van der Waals surface area contributed by atoms with E-state index >= 15 is 0 Å². The Morgan fingerprint density at radius 3 is 1.88 bits per heavy atom. The van der Waals surface area contributed by atoms with Gasteiger partial charge in [0.1, 0.15) is 0 Å². The quantitative estimate of drug-likeness (QED) is 0.475. The molecule has 0 amide bonds. The van der Waals surface area contributed by atoms with Crippen molar-refractivity contribution in [1.82, 2.24) is 0 Å². The molecule has 0 rings (SSSR count). The van der Waals surface area contributed by atoms with Crippen LogP contribution in [0.4, 0.5) is 30.7 Å². The fraction of sp³-hybridized carbons (Fsp3) is 0.571. The summed E-state index contributed by atoms with van der Waals surface area (Å²) in [5, 5.41) is 8.87. The van der Waals surface area contributed by atoms with Crippen LogP contribution in [0.3, 0.4) is 0 Å². The zero-order chi connectivity index (χ0) is 13.2. The van der Waals surface area contributed by atoms with Crippen LogP contribution in [0.25, 0.3) is 0 Å². The van der Waals surface area contributed by atoms with Gasteiger partial charge in [-0.1, -0.05) is 0 Å². The topological polar surface area (TPSA) is 20.2 Å². The van der Waals surface area contributed by atoms with Crippen LogP contribution in [0, 0.1) is 0 Å². The Morgan fingerprint density at radius 1 is 1.19 bits per heavy atom. The Balaban J connectivity index is 5.52. The van der Waals surface area contributed by atoms with Crippen LogP contribution in [-0.2, 0) is 0 Å². The zero-order valence-electron chi connectivity index (χ0n) is 7.40. The van der Waals surface area contributed by atoms with E-state index < -0.39 is 31.6 Å². The van der Waals surface area contributed by atoms with Gasteiger partial charge in [-0.3, -0.25) is 0 Å². The molecule has 1 unspecified atom stereocenters. The summed E-state index contributed by atoms with van der Waals surface area (Å²) >= 11 is 0. The zero-order valence-corrected chi connectivity index (χ0v) is 10.0. The average molecular weight is 490 g/mol. The van der Waals surface area contributed by atoms with Gasteiger partial charge in [-0.05, 0) is 0 Å². The molecule has 0 aromatic carbocycles. The summed E-state index contributed by atoms with van der Waals surface area (Å²) in [6.07, 6.45) is -11.7. The van der Waals surface area contributed by atoms with E-state index in [1.165, 1.54) is 0 Å². The van der Waals surface area contributed by atoms with Gasteiger partial charge in [0.05, 0.1) is 0 Å². The molecule has 0 aliphatic rings. The molecule has 1 atom stereocenters. The number of hydrogen-bond acceptors (Lipinski definition) is 1. The number of halogens is 7. The van der Waals surface area contributed by atoms with E-state index in [-0.39, 0.29) is 0 Å². The summed E-state index contributed by atoms with van der Waals surface area (Å²) in [5.41, 5.74) is -4.47. The van der Waals surface area contributed by atoms with Crippen LogP contribution in [-0.4, -0.2) is 30.2 Å². The molecule has 0 saturated carbocycles. The molecule has 0 aliphatic heterocycles. The minimum atomic E-state index is -5.70. The standard InChI is InChI=1S/C6H6F5O.CF2.Cf/c1-2-3-5(12,4(7)8)6(9,10)11;2-1-3;/h2,12H,1,3H2;;. The van der Waals surface area contributed by atoms with Gasteiger partial charge in [0.15, 0.2) is 0 Å². The molecule has 16 heavy (non-hydrogen) atoms. The molecule has 1 nitrogen and oxygen atoms in total. The van der Waals surface area contributed by atoms with E-state index in [2.05, 4.69) is 6.58 Å². The van der Waals surface area contributed by atoms with E-state index in [9.17, 15) is 30.7 Å². The molecule has 0 radical (unpaired) electrons. The van der Waals surface area contributed by atoms with Gasteiger partial charge in [0, 0.05) is 0 Å². The van der Waals surface area contributed by atoms with Gasteiger partial charge < -0.3 is 0 Å². The molecular formula is C7H6CfF7O. The van der Waals surface area contributed by atoms with Gasteiger partial charge >= 0.3 is 80.0 Å². The second kappa shape index (κ2) is 3.92. The third kappa shape index (κ3) is 2.36. The summed E-state index contributed by atoms with van der Waals surface area (Å²) in [7, 11) is 0. The summed E-state index contributed by atoms with van der Waals surface area (Å²) in [6, 6.07) is 0. The van der Waals surface area contributed by atoms with Gasteiger partial charge in [-0.25, -0.2) is 0 Å². The Kier molecular flexibility index (Phi) is 3.45. The molecule has 0 saturated heterocycles. The van der Waals surface area contributed by atoms with Crippen molar-refractivity contribution in [3.05, 3.63) is 12.7 Å². The maximum absolute atomic E-state index is 13.0. The Labute approximate surface area is 81.2 Å². The second-order valence-electron chi connectivity index (χ2n) is 2.58. The van der Waals surface area contributed by atoms with Gasteiger partial charge in [-0.2, -0.15) is 0 Å². The van der Waals surface area contributed by atoms with Crippen LogP contribution >= 0.6 is 0 Å². The van der Waals surface area contributed by atoms with Crippen molar-refractivity contribution >= 4 is 6.93 Å². The monoisotopic (exact) mass is 488 g/mol. The molecular weight excluding hydrogens is 484 g/mol. The normalized spacial score (nSPS) is 16.2. The van der Waals surface area contributed by atoms with Gasteiger partial charge in [0.2, 0.25) is 0 Å². The first-order valence-electron chi connectivity index (χ1n) is 3.53. The molecule has 0 aromatic heterocycles. The van der Waals surface area contributed by atoms with Gasteiger partial charge in [-0.15, -0.1) is 0 Å². The van der Waals surface area contributed by atoms with Gasteiger partial charge in [0.25, 0.3) is 0 Å². The minimum absolute atomic E-state index is 0.410. The molecule has 99 valence electrons. The predicted octanol–water partition coefficient (Wildman–Crippen LogP) is 2.56. The summed E-state index contributed by atoms with van der Waals surface area (Å²) in [5.74, 6) is 0. The van der Waals surface area contributed by atoms with Crippen LogP contribution in [0.2, 0.25) is 0 Å². The van der Waals surface area contributed by atoms with E-state index in [4.69, 9.17) is 5.11 Å². The van der Waals surface area contributed by atoms with Crippen molar-refractivity contribution in [2.75, 3.05) is 0 Å². The molecule has 0 fully saturated rings. The number of hydrogen-bond donors (Lipinski definition) is 1. The van der Waals surface area contributed by atoms with Crippen molar-refractivity contribution in [2.24, 2.45) is 0 Å². The van der Waals surface area contributed by atoms with E-state index in [0.29, 0.717) is 6.08 Å². The first-order chi connectivity index (χ1) is 6.98. The van der Waals surface area contributed by atoms with E-state index in [1.807, 2.05) is 0 Å².